The van der Waals surface area contributed by atoms with Gasteiger partial charge in [-0.25, -0.2) is 0 Å². The van der Waals surface area contributed by atoms with Crippen LogP contribution in [0.1, 0.15) is 32.6 Å². The second-order valence-corrected chi connectivity index (χ2v) is 5.70. The average molecular weight is 270 g/mol. The molecule has 1 amide bonds. The Bertz CT molecular complexity index is 282. The van der Waals surface area contributed by atoms with E-state index in [4.69, 9.17) is 4.74 Å². The minimum Gasteiger partial charge on any atom is -0.392 e. The highest BCUT2D eigenvalue weighted by Gasteiger charge is 2.23. The molecule has 2 fully saturated rings. The third-order valence-corrected chi connectivity index (χ3v) is 3.95. The zero-order chi connectivity index (χ0) is 13.7. The topological polar surface area (TPSA) is 53.0 Å². The zero-order valence-electron chi connectivity index (χ0n) is 11.9. The van der Waals surface area contributed by atoms with Gasteiger partial charge < -0.3 is 14.7 Å². The standard InChI is InChI=1S/C14H26N2O3/c1-12(17)11-15-6-8-16(9-7-15)14(18)5-4-13-3-2-10-19-13/h12-13,17H,2-11H2,1H3/t12-,13-/m0/s1. The second kappa shape index (κ2) is 7.22. The molecule has 0 aromatic heterocycles. The molecular formula is C14H26N2O3. The number of rotatable bonds is 5. The summed E-state index contributed by atoms with van der Waals surface area (Å²) in [5.74, 6) is 0.257. The van der Waals surface area contributed by atoms with Gasteiger partial charge in [0.2, 0.25) is 5.91 Å². The summed E-state index contributed by atoms with van der Waals surface area (Å²) in [5, 5.41) is 9.35. The summed E-state index contributed by atoms with van der Waals surface area (Å²) in [4.78, 5) is 16.3. The number of carbonyl (C=O) groups is 1. The SMILES string of the molecule is C[C@H](O)CN1CCN(C(=O)CC[C@@H]2CCCO2)CC1. The molecule has 1 N–H and O–H groups in total. The van der Waals surface area contributed by atoms with Gasteiger partial charge in [-0.1, -0.05) is 0 Å². The minimum absolute atomic E-state index is 0.257. The van der Waals surface area contributed by atoms with E-state index in [0.29, 0.717) is 19.1 Å². The third-order valence-electron chi connectivity index (χ3n) is 3.95. The van der Waals surface area contributed by atoms with Gasteiger partial charge in [0.15, 0.2) is 0 Å². The van der Waals surface area contributed by atoms with Crippen molar-refractivity contribution in [3.63, 3.8) is 0 Å². The molecule has 2 heterocycles. The lowest BCUT2D eigenvalue weighted by atomic mass is 10.1. The van der Waals surface area contributed by atoms with E-state index in [9.17, 15) is 9.90 Å². The monoisotopic (exact) mass is 270 g/mol. The summed E-state index contributed by atoms with van der Waals surface area (Å²) >= 11 is 0. The predicted octanol–water partition coefficient (Wildman–Crippen LogP) is 0.471. The Labute approximate surface area is 115 Å². The van der Waals surface area contributed by atoms with Crippen molar-refractivity contribution < 1.29 is 14.6 Å². The number of ether oxygens (including phenoxy) is 1. The fourth-order valence-electron chi connectivity index (χ4n) is 2.87. The normalized spacial score (nSPS) is 26.6. The highest BCUT2D eigenvalue weighted by molar-refractivity contribution is 5.76. The molecule has 5 nitrogen and oxygen atoms in total. The van der Waals surface area contributed by atoms with E-state index in [1.807, 2.05) is 4.90 Å². The number of aliphatic hydroxyl groups is 1. The lowest BCUT2D eigenvalue weighted by molar-refractivity contribution is -0.133. The van der Waals surface area contributed by atoms with Gasteiger partial charge >= 0.3 is 0 Å². The Balaban J connectivity index is 1.64. The number of hydrogen-bond acceptors (Lipinski definition) is 4. The van der Waals surface area contributed by atoms with Crippen LogP contribution in [0.3, 0.4) is 0 Å². The average Bonchev–Trinajstić information content (AvgIpc) is 2.89. The summed E-state index contributed by atoms with van der Waals surface area (Å²) < 4.78 is 5.54. The van der Waals surface area contributed by atoms with E-state index < -0.39 is 0 Å². The maximum absolute atomic E-state index is 12.1. The lowest BCUT2D eigenvalue weighted by Crippen LogP contribution is -2.50. The molecule has 0 unspecified atom stereocenters. The van der Waals surface area contributed by atoms with Gasteiger partial charge in [0.05, 0.1) is 12.2 Å². The summed E-state index contributed by atoms with van der Waals surface area (Å²) in [7, 11) is 0. The number of amides is 1. The third kappa shape index (κ3) is 4.75. The molecule has 2 saturated heterocycles. The molecule has 110 valence electrons. The van der Waals surface area contributed by atoms with Crippen LogP contribution in [0, 0.1) is 0 Å². The maximum atomic E-state index is 12.1. The number of aliphatic hydroxyl groups excluding tert-OH is 1. The molecule has 0 saturated carbocycles. The number of piperazine rings is 1. The van der Waals surface area contributed by atoms with E-state index in [1.165, 1.54) is 0 Å². The molecule has 0 aliphatic carbocycles. The Morgan fingerprint density at radius 2 is 2.11 bits per heavy atom. The van der Waals surface area contributed by atoms with Crippen LogP contribution in [0.25, 0.3) is 0 Å². The van der Waals surface area contributed by atoms with Crippen molar-refractivity contribution in [2.45, 2.75) is 44.8 Å². The van der Waals surface area contributed by atoms with Crippen LogP contribution in [0.4, 0.5) is 0 Å². The molecule has 0 aromatic rings. The quantitative estimate of drug-likeness (QED) is 0.789. The van der Waals surface area contributed by atoms with E-state index in [2.05, 4.69) is 4.90 Å². The summed E-state index contributed by atoms with van der Waals surface area (Å²) in [6, 6.07) is 0. The lowest BCUT2D eigenvalue weighted by Gasteiger charge is -2.35. The van der Waals surface area contributed by atoms with Gasteiger partial charge in [0.25, 0.3) is 0 Å². The van der Waals surface area contributed by atoms with Crippen LogP contribution in [-0.2, 0) is 9.53 Å². The smallest absolute Gasteiger partial charge is 0.222 e. The van der Waals surface area contributed by atoms with Gasteiger partial charge in [-0.3, -0.25) is 9.69 Å². The zero-order valence-corrected chi connectivity index (χ0v) is 11.9. The van der Waals surface area contributed by atoms with Gasteiger partial charge in [0, 0.05) is 45.8 Å². The molecule has 2 rings (SSSR count). The van der Waals surface area contributed by atoms with E-state index in [1.54, 1.807) is 6.92 Å². The molecule has 2 atom stereocenters. The fourth-order valence-corrected chi connectivity index (χ4v) is 2.87. The van der Waals surface area contributed by atoms with Crippen LogP contribution in [0.15, 0.2) is 0 Å². The molecule has 0 radical (unpaired) electrons. The Hall–Kier alpha value is -0.650. The Morgan fingerprint density at radius 3 is 2.68 bits per heavy atom. The van der Waals surface area contributed by atoms with E-state index in [0.717, 1.165) is 52.0 Å². The first-order valence-electron chi connectivity index (χ1n) is 7.45. The van der Waals surface area contributed by atoms with Gasteiger partial charge in [-0.05, 0) is 26.2 Å². The predicted molar refractivity (Wildman–Crippen MR) is 72.9 cm³/mol. The molecule has 5 heteroatoms. The molecule has 2 aliphatic rings. The molecular weight excluding hydrogens is 244 g/mol. The van der Waals surface area contributed by atoms with Crippen molar-refractivity contribution in [3.05, 3.63) is 0 Å². The van der Waals surface area contributed by atoms with Crippen molar-refractivity contribution in [2.75, 3.05) is 39.3 Å². The summed E-state index contributed by atoms with van der Waals surface area (Å²) in [6.45, 7) is 6.69. The van der Waals surface area contributed by atoms with Gasteiger partial charge in [-0.15, -0.1) is 0 Å². The highest BCUT2D eigenvalue weighted by Crippen LogP contribution is 2.17. The molecule has 0 bridgehead atoms. The van der Waals surface area contributed by atoms with E-state index >= 15 is 0 Å². The van der Waals surface area contributed by atoms with Crippen molar-refractivity contribution in [2.24, 2.45) is 0 Å². The summed E-state index contributed by atoms with van der Waals surface area (Å²) in [5.41, 5.74) is 0. The van der Waals surface area contributed by atoms with Crippen molar-refractivity contribution in [1.82, 2.24) is 9.80 Å². The second-order valence-electron chi connectivity index (χ2n) is 5.70. The fraction of sp³-hybridized carbons (Fsp3) is 0.929. The number of nitrogens with zero attached hydrogens (tertiary/aromatic N) is 2. The molecule has 0 spiro atoms. The molecule has 0 aromatic carbocycles. The van der Waals surface area contributed by atoms with Crippen LogP contribution in [0.2, 0.25) is 0 Å². The largest absolute Gasteiger partial charge is 0.392 e. The van der Waals surface area contributed by atoms with Gasteiger partial charge in [-0.2, -0.15) is 0 Å². The first-order valence-corrected chi connectivity index (χ1v) is 7.45. The first kappa shape index (κ1) is 14.8. The Morgan fingerprint density at radius 1 is 1.37 bits per heavy atom. The van der Waals surface area contributed by atoms with Gasteiger partial charge in [0.1, 0.15) is 0 Å². The number of β-amino-alcohol motifs (C(OH)–C–C–N with tert-alkyl or cyclic N) is 1. The molecule has 19 heavy (non-hydrogen) atoms. The van der Waals surface area contributed by atoms with Crippen LogP contribution in [0.5, 0.6) is 0 Å². The van der Waals surface area contributed by atoms with Crippen molar-refractivity contribution >= 4 is 5.91 Å². The van der Waals surface area contributed by atoms with Crippen molar-refractivity contribution in [1.29, 1.82) is 0 Å². The minimum atomic E-state index is -0.290. The summed E-state index contributed by atoms with van der Waals surface area (Å²) in [6.07, 6.45) is 3.74. The maximum Gasteiger partial charge on any atom is 0.222 e. The van der Waals surface area contributed by atoms with Crippen LogP contribution in [-0.4, -0.2) is 72.4 Å². The first-order chi connectivity index (χ1) is 9.15. The van der Waals surface area contributed by atoms with E-state index in [-0.39, 0.29) is 12.0 Å². The van der Waals surface area contributed by atoms with Crippen LogP contribution < -0.4 is 0 Å². The molecule has 2 aliphatic heterocycles. The van der Waals surface area contributed by atoms with Crippen molar-refractivity contribution in [3.8, 4) is 0 Å². The van der Waals surface area contributed by atoms with Crippen LogP contribution >= 0.6 is 0 Å². The number of carbonyl (C=O) groups excluding carboxylic acids is 1. The highest BCUT2D eigenvalue weighted by atomic mass is 16.5. The Kier molecular flexibility index (Phi) is 5.60. The number of hydrogen-bond donors (Lipinski definition) is 1.